The molecule has 3 rings (SSSR count). The summed E-state index contributed by atoms with van der Waals surface area (Å²) >= 11 is 0. The first-order valence-electron chi connectivity index (χ1n) is 5.88. The van der Waals surface area contributed by atoms with E-state index in [9.17, 15) is 0 Å². The first kappa shape index (κ1) is 10.4. The molecule has 1 aliphatic heterocycles. The summed E-state index contributed by atoms with van der Waals surface area (Å²) < 4.78 is 0. The Morgan fingerprint density at radius 3 is 2.53 bits per heavy atom. The van der Waals surface area contributed by atoms with E-state index >= 15 is 0 Å². The molecule has 86 valence electrons. The molecule has 0 unspecified atom stereocenters. The molecule has 0 atom stereocenters. The zero-order valence-electron chi connectivity index (χ0n) is 10.1. The fourth-order valence-electron chi connectivity index (χ4n) is 2.17. The summed E-state index contributed by atoms with van der Waals surface area (Å²) in [5.41, 5.74) is 5.85. The van der Waals surface area contributed by atoms with Gasteiger partial charge < -0.3 is 5.32 Å². The van der Waals surface area contributed by atoms with E-state index in [0.717, 1.165) is 35.9 Å². The Hall–Kier alpha value is -1.74. The van der Waals surface area contributed by atoms with E-state index in [1.807, 2.05) is 0 Å². The maximum atomic E-state index is 4.64. The van der Waals surface area contributed by atoms with Crippen molar-refractivity contribution < 1.29 is 0 Å². The van der Waals surface area contributed by atoms with Crippen LogP contribution in [-0.2, 0) is 13.1 Å². The van der Waals surface area contributed by atoms with E-state index in [2.05, 4.69) is 53.4 Å². The molecule has 0 bridgehead atoms. The van der Waals surface area contributed by atoms with Crippen LogP contribution in [0.5, 0.6) is 0 Å². The smallest absolute Gasteiger partial charge is 0.159 e. The average molecular weight is 225 g/mol. The lowest BCUT2D eigenvalue weighted by molar-refractivity contribution is 0.757. The molecule has 1 aromatic heterocycles. The van der Waals surface area contributed by atoms with E-state index < -0.39 is 0 Å². The van der Waals surface area contributed by atoms with Crippen LogP contribution in [0, 0.1) is 13.8 Å². The van der Waals surface area contributed by atoms with Crippen molar-refractivity contribution in [1.82, 2.24) is 15.3 Å². The Balaban J connectivity index is 2.10. The van der Waals surface area contributed by atoms with Crippen molar-refractivity contribution in [2.75, 3.05) is 0 Å². The summed E-state index contributed by atoms with van der Waals surface area (Å²) in [4.78, 5) is 9.23. The zero-order valence-corrected chi connectivity index (χ0v) is 10.1. The van der Waals surface area contributed by atoms with Crippen LogP contribution in [0.1, 0.15) is 22.5 Å². The van der Waals surface area contributed by atoms with Crippen LogP contribution in [0.25, 0.3) is 11.4 Å². The largest absolute Gasteiger partial charge is 0.307 e. The topological polar surface area (TPSA) is 37.8 Å². The molecule has 0 saturated carbocycles. The summed E-state index contributed by atoms with van der Waals surface area (Å²) in [6.45, 7) is 5.90. The van der Waals surface area contributed by atoms with E-state index in [1.165, 1.54) is 11.1 Å². The molecule has 3 heteroatoms. The van der Waals surface area contributed by atoms with Gasteiger partial charge in [-0.3, -0.25) is 0 Å². The van der Waals surface area contributed by atoms with E-state index in [4.69, 9.17) is 0 Å². The minimum atomic E-state index is 0.838. The number of hydrogen-bond donors (Lipinski definition) is 1. The molecule has 3 nitrogen and oxygen atoms in total. The lowest BCUT2D eigenvalue weighted by atomic mass is 10.1. The molecular formula is C14H15N3. The third kappa shape index (κ3) is 1.83. The van der Waals surface area contributed by atoms with Crippen LogP contribution in [0.3, 0.4) is 0 Å². The van der Waals surface area contributed by atoms with Gasteiger partial charge in [-0.1, -0.05) is 29.8 Å². The SMILES string of the molecule is Cc1ccc(-c2nc(C)c3c(n2)CNC3)cc1. The molecular weight excluding hydrogens is 210 g/mol. The number of nitrogens with zero attached hydrogens (tertiary/aromatic N) is 2. The zero-order chi connectivity index (χ0) is 11.8. The minimum Gasteiger partial charge on any atom is -0.307 e. The normalized spacial score (nSPS) is 13.8. The molecule has 0 aliphatic carbocycles. The molecule has 1 aromatic carbocycles. The van der Waals surface area contributed by atoms with Crippen LogP contribution >= 0.6 is 0 Å². The van der Waals surface area contributed by atoms with Gasteiger partial charge in [0.25, 0.3) is 0 Å². The van der Waals surface area contributed by atoms with Gasteiger partial charge in [-0.2, -0.15) is 0 Å². The van der Waals surface area contributed by atoms with Gasteiger partial charge in [0.1, 0.15) is 0 Å². The molecule has 17 heavy (non-hydrogen) atoms. The van der Waals surface area contributed by atoms with Crippen molar-refractivity contribution in [2.45, 2.75) is 26.9 Å². The predicted molar refractivity (Wildman–Crippen MR) is 67.5 cm³/mol. The second-order valence-corrected chi connectivity index (χ2v) is 4.53. The summed E-state index contributed by atoms with van der Waals surface area (Å²) in [5, 5.41) is 3.31. The van der Waals surface area contributed by atoms with Crippen molar-refractivity contribution in [2.24, 2.45) is 0 Å². The first-order chi connectivity index (χ1) is 8.24. The number of aryl methyl sites for hydroxylation is 2. The van der Waals surface area contributed by atoms with Crippen molar-refractivity contribution in [3.63, 3.8) is 0 Å². The number of hydrogen-bond acceptors (Lipinski definition) is 3. The third-order valence-electron chi connectivity index (χ3n) is 3.20. The lowest BCUT2D eigenvalue weighted by Gasteiger charge is -2.06. The molecule has 1 aliphatic rings. The molecule has 0 amide bonds. The van der Waals surface area contributed by atoms with Gasteiger partial charge >= 0.3 is 0 Å². The van der Waals surface area contributed by atoms with Gasteiger partial charge in [0.05, 0.1) is 5.69 Å². The Labute approximate surface area is 101 Å². The number of benzene rings is 1. The Morgan fingerprint density at radius 2 is 1.76 bits per heavy atom. The standard InChI is InChI=1S/C14H15N3/c1-9-3-5-11(6-4-9)14-16-10(2)12-7-15-8-13(12)17-14/h3-6,15H,7-8H2,1-2H3. The van der Waals surface area contributed by atoms with Crippen LogP contribution in [-0.4, -0.2) is 9.97 Å². The average Bonchev–Trinajstić information content (AvgIpc) is 2.78. The molecule has 0 radical (unpaired) electrons. The van der Waals surface area contributed by atoms with Crippen molar-refractivity contribution in [1.29, 1.82) is 0 Å². The molecule has 2 heterocycles. The van der Waals surface area contributed by atoms with Crippen molar-refractivity contribution >= 4 is 0 Å². The third-order valence-corrected chi connectivity index (χ3v) is 3.20. The summed E-state index contributed by atoms with van der Waals surface area (Å²) in [5.74, 6) is 0.838. The fraction of sp³-hybridized carbons (Fsp3) is 0.286. The maximum absolute atomic E-state index is 4.64. The molecule has 2 aromatic rings. The Kier molecular flexibility index (Phi) is 2.41. The maximum Gasteiger partial charge on any atom is 0.159 e. The minimum absolute atomic E-state index is 0.838. The van der Waals surface area contributed by atoms with Gasteiger partial charge in [0, 0.05) is 29.9 Å². The predicted octanol–water partition coefficient (Wildman–Crippen LogP) is 2.36. The number of aromatic nitrogens is 2. The highest BCUT2D eigenvalue weighted by Gasteiger charge is 2.16. The van der Waals surface area contributed by atoms with Gasteiger partial charge in [-0.25, -0.2) is 9.97 Å². The van der Waals surface area contributed by atoms with E-state index in [1.54, 1.807) is 0 Å². The highest BCUT2D eigenvalue weighted by molar-refractivity contribution is 5.56. The monoisotopic (exact) mass is 225 g/mol. The Morgan fingerprint density at radius 1 is 1.00 bits per heavy atom. The van der Waals surface area contributed by atoms with Crippen molar-refractivity contribution in [3.05, 3.63) is 46.8 Å². The number of fused-ring (bicyclic) bond motifs is 1. The second kappa shape index (κ2) is 3.93. The van der Waals surface area contributed by atoms with Crippen LogP contribution < -0.4 is 5.32 Å². The number of nitrogens with one attached hydrogen (secondary N) is 1. The fourth-order valence-corrected chi connectivity index (χ4v) is 2.17. The van der Waals surface area contributed by atoms with Crippen LogP contribution in [0.2, 0.25) is 0 Å². The highest BCUT2D eigenvalue weighted by atomic mass is 15.0. The van der Waals surface area contributed by atoms with Gasteiger partial charge in [-0.15, -0.1) is 0 Å². The molecule has 0 spiro atoms. The Bertz CT molecular complexity index is 558. The quantitative estimate of drug-likeness (QED) is 0.809. The van der Waals surface area contributed by atoms with E-state index in [-0.39, 0.29) is 0 Å². The second-order valence-electron chi connectivity index (χ2n) is 4.53. The van der Waals surface area contributed by atoms with E-state index in [0.29, 0.717) is 0 Å². The van der Waals surface area contributed by atoms with Gasteiger partial charge in [0.2, 0.25) is 0 Å². The summed E-state index contributed by atoms with van der Waals surface area (Å²) in [6.07, 6.45) is 0. The van der Waals surface area contributed by atoms with Crippen molar-refractivity contribution in [3.8, 4) is 11.4 Å². The molecule has 0 fully saturated rings. The first-order valence-corrected chi connectivity index (χ1v) is 5.88. The van der Waals surface area contributed by atoms with Crippen LogP contribution in [0.15, 0.2) is 24.3 Å². The van der Waals surface area contributed by atoms with Gasteiger partial charge in [-0.05, 0) is 13.8 Å². The summed E-state index contributed by atoms with van der Waals surface area (Å²) in [7, 11) is 0. The van der Waals surface area contributed by atoms with Crippen LogP contribution in [0.4, 0.5) is 0 Å². The number of rotatable bonds is 1. The summed E-state index contributed by atoms with van der Waals surface area (Å²) in [6, 6.07) is 8.36. The molecule has 1 N–H and O–H groups in total. The highest BCUT2D eigenvalue weighted by Crippen LogP contribution is 2.22. The molecule has 0 saturated heterocycles. The van der Waals surface area contributed by atoms with Gasteiger partial charge in [0.15, 0.2) is 5.82 Å². The lowest BCUT2D eigenvalue weighted by Crippen LogP contribution is -2.00.